The number of carbonyl (C=O) groups is 2. The number of nitrogens with zero attached hydrogens (tertiary/aromatic N) is 4. The molecule has 0 spiro atoms. The van der Waals surface area contributed by atoms with Crippen LogP contribution in [0.5, 0.6) is 0 Å². The van der Waals surface area contributed by atoms with Crippen molar-refractivity contribution in [2.75, 3.05) is 11.1 Å². The third-order valence-electron chi connectivity index (χ3n) is 4.70. The second kappa shape index (κ2) is 9.25. The maximum Gasteiger partial charge on any atom is 0.332 e. The Morgan fingerprint density at radius 1 is 1.06 bits per heavy atom. The molecule has 0 radical (unpaired) electrons. The van der Waals surface area contributed by atoms with E-state index in [0.717, 1.165) is 22.7 Å². The van der Waals surface area contributed by atoms with Gasteiger partial charge >= 0.3 is 5.69 Å². The molecule has 0 aliphatic carbocycles. The second-order valence-electron chi connectivity index (χ2n) is 7.07. The predicted molar refractivity (Wildman–Crippen MR) is 120 cm³/mol. The van der Waals surface area contributed by atoms with Gasteiger partial charge in [-0.15, -0.1) is 0 Å². The number of amides is 1. The van der Waals surface area contributed by atoms with Crippen LogP contribution in [0.3, 0.4) is 0 Å². The van der Waals surface area contributed by atoms with Crippen molar-refractivity contribution in [1.29, 1.82) is 0 Å². The molecule has 0 saturated heterocycles. The minimum Gasteiger partial charge on any atom is -0.325 e. The van der Waals surface area contributed by atoms with Gasteiger partial charge in [0.25, 0.3) is 5.56 Å². The molecule has 2 heterocycles. The zero-order valence-electron chi connectivity index (χ0n) is 17.8. The van der Waals surface area contributed by atoms with Crippen LogP contribution in [-0.2, 0) is 25.3 Å². The maximum atomic E-state index is 12.7. The molecule has 1 amide bonds. The fraction of sp³-hybridized carbons (Fsp3) is 0.333. The molecule has 31 heavy (non-hydrogen) atoms. The van der Waals surface area contributed by atoms with E-state index in [1.54, 1.807) is 31.3 Å². The highest BCUT2D eigenvalue weighted by atomic mass is 32.2. The van der Waals surface area contributed by atoms with Crippen LogP contribution in [-0.4, -0.2) is 36.5 Å². The predicted octanol–water partition coefficient (Wildman–Crippen LogP) is 1.91. The average Bonchev–Trinajstić information content (AvgIpc) is 2.75. The van der Waals surface area contributed by atoms with Gasteiger partial charge in [0, 0.05) is 31.8 Å². The lowest BCUT2D eigenvalue weighted by atomic mass is 10.1. The molecule has 0 unspecified atom stereocenters. The summed E-state index contributed by atoms with van der Waals surface area (Å²) in [7, 11) is 2.95. The number of anilines is 1. The molecule has 0 fully saturated rings. The van der Waals surface area contributed by atoms with E-state index < -0.39 is 11.2 Å². The van der Waals surface area contributed by atoms with Crippen LogP contribution in [0.2, 0.25) is 0 Å². The number of Topliss-reactive ketones (excluding diaryl/α,β-unsaturated/α-hetero) is 1. The van der Waals surface area contributed by atoms with E-state index in [9.17, 15) is 19.2 Å². The first-order valence-electron chi connectivity index (χ1n) is 9.73. The summed E-state index contributed by atoms with van der Waals surface area (Å²) in [6, 6.07) is 6.60. The highest BCUT2D eigenvalue weighted by Gasteiger charge is 2.18. The summed E-state index contributed by atoms with van der Waals surface area (Å²) in [4.78, 5) is 57.7. The third-order valence-corrected chi connectivity index (χ3v) is 5.68. The Hall–Kier alpha value is -3.27. The van der Waals surface area contributed by atoms with Gasteiger partial charge in [0.15, 0.2) is 11.4 Å². The van der Waals surface area contributed by atoms with Crippen molar-refractivity contribution in [1.82, 2.24) is 19.1 Å². The minimum atomic E-state index is -0.496. The van der Waals surface area contributed by atoms with Crippen molar-refractivity contribution >= 4 is 40.2 Å². The average molecular weight is 442 g/mol. The fourth-order valence-corrected chi connectivity index (χ4v) is 3.86. The number of nitrogens with one attached hydrogen (secondary N) is 1. The van der Waals surface area contributed by atoms with Crippen molar-refractivity contribution in [3.8, 4) is 0 Å². The van der Waals surface area contributed by atoms with Crippen molar-refractivity contribution < 1.29 is 9.59 Å². The van der Waals surface area contributed by atoms with E-state index >= 15 is 0 Å². The maximum absolute atomic E-state index is 12.7. The molecule has 3 rings (SSSR count). The van der Waals surface area contributed by atoms with E-state index in [2.05, 4.69) is 15.3 Å². The van der Waals surface area contributed by atoms with Crippen molar-refractivity contribution in [3.63, 3.8) is 0 Å². The molecule has 0 aliphatic rings. The van der Waals surface area contributed by atoms with Crippen LogP contribution in [0.15, 0.2) is 38.9 Å². The number of aryl methyl sites for hydroxylation is 2. The first-order valence-corrected chi connectivity index (χ1v) is 10.7. The molecule has 2 aromatic heterocycles. The van der Waals surface area contributed by atoms with Crippen LogP contribution in [0.4, 0.5) is 5.69 Å². The zero-order valence-corrected chi connectivity index (χ0v) is 18.6. The number of thioether (sulfide) groups is 1. The Balaban J connectivity index is 1.89. The van der Waals surface area contributed by atoms with Gasteiger partial charge in [0.05, 0.1) is 5.75 Å². The van der Waals surface area contributed by atoms with Crippen LogP contribution in [0.25, 0.3) is 11.0 Å². The monoisotopic (exact) mass is 441 g/mol. The number of carbonyl (C=O) groups excluding carboxylic acids is 2. The Morgan fingerprint density at radius 2 is 1.74 bits per heavy atom. The molecule has 9 nitrogen and oxygen atoms in total. The van der Waals surface area contributed by atoms with Gasteiger partial charge in [-0.2, -0.15) is 0 Å². The molecule has 162 valence electrons. The van der Waals surface area contributed by atoms with Gasteiger partial charge < -0.3 is 5.32 Å². The Morgan fingerprint density at radius 3 is 2.35 bits per heavy atom. The van der Waals surface area contributed by atoms with Gasteiger partial charge in [-0.1, -0.05) is 18.7 Å². The van der Waals surface area contributed by atoms with Gasteiger partial charge in [-0.3, -0.25) is 23.5 Å². The topological polar surface area (TPSA) is 116 Å². The molecular weight excluding hydrogens is 418 g/mol. The van der Waals surface area contributed by atoms with E-state index in [1.807, 2.05) is 6.92 Å². The number of ketones is 1. The van der Waals surface area contributed by atoms with Crippen LogP contribution < -0.4 is 16.6 Å². The number of fused-ring (bicyclic) bond motifs is 1. The van der Waals surface area contributed by atoms with Crippen molar-refractivity contribution in [2.24, 2.45) is 14.1 Å². The lowest BCUT2D eigenvalue weighted by molar-refractivity contribution is -0.113. The molecule has 0 aliphatic heterocycles. The normalized spacial score (nSPS) is 11.0. The highest BCUT2D eigenvalue weighted by Crippen LogP contribution is 2.23. The summed E-state index contributed by atoms with van der Waals surface area (Å²) < 4.78 is 2.32. The van der Waals surface area contributed by atoms with Crippen LogP contribution in [0.1, 0.15) is 36.5 Å². The molecule has 1 N–H and O–H groups in total. The lowest BCUT2D eigenvalue weighted by Gasteiger charge is -2.12. The summed E-state index contributed by atoms with van der Waals surface area (Å²) in [6.45, 7) is 3.46. The summed E-state index contributed by atoms with van der Waals surface area (Å²) in [5, 5.41) is 3.34. The number of hydrogen-bond donors (Lipinski definition) is 1. The Bertz CT molecular complexity index is 1280. The SMILES string of the molecule is CCCc1nc(SCC(=O)Nc2ccc(C(C)=O)cc2)c2c(=O)n(C)c(=O)n(C)c2n1. The summed E-state index contributed by atoms with van der Waals surface area (Å²) in [6.07, 6.45) is 1.38. The quantitative estimate of drug-likeness (QED) is 0.338. The van der Waals surface area contributed by atoms with Crippen molar-refractivity contribution in [2.45, 2.75) is 31.7 Å². The van der Waals surface area contributed by atoms with E-state index in [-0.39, 0.29) is 28.5 Å². The number of benzene rings is 1. The smallest absolute Gasteiger partial charge is 0.325 e. The molecular formula is C21H23N5O4S. The van der Waals surface area contributed by atoms with E-state index in [0.29, 0.717) is 28.5 Å². The minimum absolute atomic E-state index is 0.0120. The standard InChI is InChI=1S/C21H23N5O4S/c1-5-6-15-23-18-17(20(29)26(4)21(30)25(18)3)19(24-15)31-11-16(28)22-14-9-7-13(8-10-14)12(2)27/h7-10H,5-6,11H2,1-4H3,(H,22,28). The second-order valence-corrected chi connectivity index (χ2v) is 8.03. The molecule has 1 aromatic carbocycles. The summed E-state index contributed by atoms with van der Waals surface area (Å²) in [5.74, 6) is 0.188. The number of rotatable bonds is 7. The Kier molecular flexibility index (Phi) is 6.69. The number of hydrogen-bond acceptors (Lipinski definition) is 7. The first-order chi connectivity index (χ1) is 14.7. The van der Waals surface area contributed by atoms with Crippen LogP contribution in [0, 0.1) is 0 Å². The van der Waals surface area contributed by atoms with Gasteiger partial charge in [-0.05, 0) is 37.6 Å². The molecule has 0 atom stereocenters. The highest BCUT2D eigenvalue weighted by molar-refractivity contribution is 8.00. The third kappa shape index (κ3) is 4.74. The largest absolute Gasteiger partial charge is 0.332 e. The molecule has 0 bridgehead atoms. The first kappa shape index (κ1) is 22.4. The fourth-order valence-electron chi connectivity index (χ4n) is 3.03. The zero-order chi connectivity index (χ0) is 22.7. The Labute approximate surface area is 182 Å². The van der Waals surface area contributed by atoms with Gasteiger partial charge in [0.2, 0.25) is 5.91 Å². The van der Waals surface area contributed by atoms with Gasteiger partial charge in [-0.25, -0.2) is 14.8 Å². The lowest BCUT2D eigenvalue weighted by Crippen LogP contribution is -2.38. The van der Waals surface area contributed by atoms with Gasteiger partial charge in [0.1, 0.15) is 16.2 Å². The molecule has 3 aromatic rings. The van der Waals surface area contributed by atoms with Crippen LogP contribution >= 0.6 is 11.8 Å². The molecule has 10 heteroatoms. The number of aromatic nitrogens is 4. The van der Waals surface area contributed by atoms with E-state index in [4.69, 9.17) is 0 Å². The van der Waals surface area contributed by atoms with Crippen molar-refractivity contribution in [3.05, 3.63) is 56.5 Å². The summed E-state index contributed by atoms with van der Waals surface area (Å²) in [5.41, 5.74) is 0.414. The molecule has 0 saturated carbocycles. The summed E-state index contributed by atoms with van der Waals surface area (Å²) >= 11 is 1.12. The van der Waals surface area contributed by atoms with E-state index in [1.165, 1.54) is 18.5 Å².